The minimum atomic E-state index is -0.562. The Morgan fingerprint density at radius 2 is 1.29 bits per heavy atom. The highest BCUT2D eigenvalue weighted by Gasteiger charge is 2.39. The van der Waals surface area contributed by atoms with E-state index in [0.29, 0.717) is 27.8 Å². The molecule has 0 spiro atoms. The largest absolute Gasteiger partial charge is 0.457 e. The fraction of sp³-hybridized carbons (Fsp3) is 0. The van der Waals surface area contributed by atoms with Crippen molar-refractivity contribution < 1.29 is 14.3 Å². The molecule has 2 amide bonds. The summed E-state index contributed by atoms with van der Waals surface area (Å²) in [4.78, 5) is 26.5. The van der Waals surface area contributed by atoms with Gasteiger partial charge in [-0.3, -0.25) is 9.59 Å². The van der Waals surface area contributed by atoms with Crippen molar-refractivity contribution in [2.24, 2.45) is 0 Å². The van der Waals surface area contributed by atoms with Gasteiger partial charge in [-0.1, -0.05) is 53.5 Å². The molecule has 0 unspecified atom stereocenters. The minimum absolute atomic E-state index is 0.114. The predicted octanol–water partition coefficient (Wildman–Crippen LogP) is 5.66. The third kappa shape index (κ3) is 3.40. The zero-order valence-corrected chi connectivity index (χ0v) is 15.9. The molecule has 4 rings (SSSR count). The molecule has 1 aliphatic rings. The van der Waals surface area contributed by atoms with Crippen molar-refractivity contribution >= 4 is 46.3 Å². The van der Waals surface area contributed by atoms with Crippen LogP contribution in [0.3, 0.4) is 0 Å². The van der Waals surface area contributed by atoms with Gasteiger partial charge < -0.3 is 4.74 Å². The molecule has 0 saturated heterocycles. The number of carbonyl (C=O) groups is 2. The topological polar surface area (TPSA) is 46.6 Å². The van der Waals surface area contributed by atoms with Crippen LogP contribution in [-0.4, -0.2) is 11.8 Å². The fourth-order valence-electron chi connectivity index (χ4n) is 2.89. The standard InChI is InChI=1S/C22H13Cl2NO3/c23-15-8-6-14(7-9-15)19-20(24)22(27)25(21(19)26)16-10-12-18(13-11-16)28-17-4-2-1-3-5-17/h1-13H. The van der Waals surface area contributed by atoms with Crippen LogP contribution in [0.1, 0.15) is 5.56 Å². The van der Waals surface area contributed by atoms with Gasteiger partial charge >= 0.3 is 0 Å². The van der Waals surface area contributed by atoms with Crippen molar-refractivity contribution in [1.82, 2.24) is 0 Å². The van der Waals surface area contributed by atoms with E-state index < -0.39 is 11.8 Å². The molecule has 3 aromatic carbocycles. The average molecular weight is 410 g/mol. The second kappa shape index (κ2) is 7.50. The third-order valence-electron chi connectivity index (χ3n) is 4.23. The Labute approximate surface area is 171 Å². The number of imide groups is 1. The number of amides is 2. The Morgan fingerprint density at radius 3 is 1.93 bits per heavy atom. The maximum Gasteiger partial charge on any atom is 0.277 e. The van der Waals surface area contributed by atoms with Crippen LogP contribution >= 0.6 is 23.2 Å². The molecule has 4 nitrogen and oxygen atoms in total. The van der Waals surface area contributed by atoms with E-state index in [2.05, 4.69) is 0 Å². The van der Waals surface area contributed by atoms with Crippen molar-refractivity contribution in [3.8, 4) is 11.5 Å². The van der Waals surface area contributed by atoms with Crippen molar-refractivity contribution in [3.05, 3.63) is 94.5 Å². The molecule has 0 saturated carbocycles. The maximum atomic E-state index is 12.9. The van der Waals surface area contributed by atoms with Gasteiger partial charge in [-0.05, 0) is 54.1 Å². The molecule has 1 aliphatic heterocycles. The van der Waals surface area contributed by atoms with Crippen LogP contribution in [0.15, 0.2) is 83.9 Å². The molecule has 3 aromatic rings. The van der Waals surface area contributed by atoms with Crippen LogP contribution in [-0.2, 0) is 9.59 Å². The summed E-state index contributed by atoms with van der Waals surface area (Å²) in [6, 6.07) is 22.6. The Balaban J connectivity index is 1.59. The molecule has 28 heavy (non-hydrogen) atoms. The molecule has 1 heterocycles. The summed E-state index contributed by atoms with van der Waals surface area (Å²) in [7, 11) is 0. The SMILES string of the molecule is O=C1C(Cl)=C(c2ccc(Cl)cc2)C(=O)N1c1ccc(Oc2ccccc2)cc1. The first-order chi connectivity index (χ1) is 13.5. The smallest absolute Gasteiger partial charge is 0.277 e. The summed E-state index contributed by atoms with van der Waals surface area (Å²) in [5.41, 5.74) is 1.12. The van der Waals surface area contributed by atoms with E-state index >= 15 is 0 Å². The molecule has 0 bridgehead atoms. The van der Waals surface area contributed by atoms with Crippen molar-refractivity contribution in [2.75, 3.05) is 4.90 Å². The van der Waals surface area contributed by atoms with Gasteiger partial charge in [-0.2, -0.15) is 0 Å². The second-order valence-corrected chi connectivity index (χ2v) is 6.87. The van der Waals surface area contributed by atoms with Crippen LogP contribution in [0.5, 0.6) is 11.5 Å². The number of halogens is 2. The third-order valence-corrected chi connectivity index (χ3v) is 4.84. The molecule has 0 atom stereocenters. The summed E-state index contributed by atoms with van der Waals surface area (Å²) in [5, 5.41) is 0.417. The normalized spacial score (nSPS) is 14.0. The summed E-state index contributed by atoms with van der Waals surface area (Å²) >= 11 is 12.1. The van der Waals surface area contributed by atoms with E-state index in [1.807, 2.05) is 30.3 Å². The minimum Gasteiger partial charge on any atom is -0.457 e. The van der Waals surface area contributed by atoms with Gasteiger partial charge in [0.1, 0.15) is 16.5 Å². The zero-order chi connectivity index (χ0) is 19.7. The van der Waals surface area contributed by atoms with Crippen LogP contribution in [0, 0.1) is 0 Å². The number of rotatable bonds is 4. The number of hydrogen-bond donors (Lipinski definition) is 0. The highest BCUT2D eigenvalue weighted by Crippen LogP contribution is 2.36. The van der Waals surface area contributed by atoms with E-state index in [0.717, 1.165) is 4.90 Å². The van der Waals surface area contributed by atoms with Gasteiger partial charge in [0.15, 0.2) is 0 Å². The van der Waals surface area contributed by atoms with Crippen molar-refractivity contribution in [2.45, 2.75) is 0 Å². The number of hydrogen-bond acceptors (Lipinski definition) is 3. The van der Waals surface area contributed by atoms with Crippen molar-refractivity contribution in [1.29, 1.82) is 0 Å². The number of carbonyl (C=O) groups excluding carboxylic acids is 2. The molecule has 0 radical (unpaired) electrons. The van der Waals surface area contributed by atoms with Gasteiger partial charge in [-0.25, -0.2) is 4.90 Å². The Morgan fingerprint density at radius 1 is 0.679 bits per heavy atom. The first kappa shape index (κ1) is 18.3. The number of nitrogens with zero attached hydrogens (tertiary/aromatic N) is 1. The molecular formula is C22H13Cl2NO3. The van der Waals surface area contributed by atoms with Crippen LogP contribution in [0.2, 0.25) is 5.02 Å². The summed E-state index contributed by atoms with van der Waals surface area (Å²) in [6.45, 7) is 0. The quantitative estimate of drug-likeness (QED) is 0.522. The summed E-state index contributed by atoms with van der Waals surface area (Å²) in [6.07, 6.45) is 0. The van der Waals surface area contributed by atoms with Crippen LogP contribution in [0.4, 0.5) is 5.69 Å². The number of benzene rings is 3. The Bertz CT molecular complexity index is 1080. The predicted molar refractivity (Wildman–Crippen MR) is 110 cm³/mol. The van der Waals surface area contributed by atoms with E-state index in [4.69, 9.17) is 27.9 Å². The lowest BCUT2D eigenvalue weighted by Crippen LogP contribution is -2.31. The van der Waals surface area contributed by atoms with Crippen LogP contribution in [0.25, 0.3) is 5.57 Å². The highest BCUT2D eigenvalue weighted by molar-refractivity contribution is 6.60. The Kier molecular flexibility index (Phi) is 4.90. The molecule has 138 valence electrons. The molecule has 6 heteroatoms. The molecular weight excluding hydrogens is 397 g/mol. The molecule has 0 aliphatic carbocycles. The first-order valence-electron chi connectivity index (χ1n) is 8.42. The Hall–Kier alpha value is -3.08. The molecule has 0 fully saturated rings. The molecule has 0 N–H and O–H groups in total. The van der Waals surface area contributed by atoms with E-state index in [-0.39, 0.29) is 10.6 Å². The summed E-state index contributed by atoms with van der Waals surface area (Å²) < 4.78 is 5.74. The van der Waals surface area contributed by atoms with E-state index in [9.17, 15) is 9.59 Å². The van der Waals surface area contributed by atoms with E-state index in [1.54, 1.807) is 48.5 Å². The summed E-state index contributed by atoms with van der Waals surface area (Å²) in [5.74, 6) is 0.242. The van der Waals surface area contributed by atoms with Gasteiger partial charge in [0.2, 0.25) is 0 Å². The van der Waals surface area contributed by atoms with Gasteiger partial charge in [0.25, 0.3) is 11.8 Å². The monoisotopic (exact) mass is 409 g/mol. The number of para-hydroxylation sites is 1. The molecule has 0 aromatic heterocycles. The lowest BCUT2D eigenvalue weighted by molar-refractivity contribution is -0.119. The lowest BCUT2D eigenvalue weighted by Gasteiger charge is -2.15. The highest BCUT2D eigenvalue weighted by atomic mass is 35.5. The first-order valence-corrected chi connectivity index (χ1v) is 9.17. The number of ether oxygens (including phenoxy) is 1. The van der Waals surface area contributed by atoms with Gasteiger partial charge in [0, 0.05) is 5.02 Å². The van der Waals surface area contributed by atoms with Crippen molar-refractivity contribution in [3.63, 3.8) is 0 Å². The fourth-order valence-corrected chi connectivity index (χ4v) is 3.29. The lowest BCUT2D eigenvalue weighted by atomic mass is 10.1. The maximum absolute atomic E-state index is 12.9. The second-order valence-electron chi connectivity index (χ2n) is 6.05. The number of anilines is 1. The van der Waals surface area contributed by atoms with Gasteiger partial charge in [0.05, 0.1) is 11.3 Å². The zero-order valence-electron chi connectivity index (χ0n) is 14.4. The van der Waals surface area contributed by atoms with Crippen LogP contribution < -0.4 is 9.64 Å². The van der Waals surface area contributed by atoms with E-state index in [1.165, 1.54) is 0 Å². The van der Waals surface area contributed by atoms with Gasteiger partial charge in [-0.15, -0.1) is 0 Å². The average Bonchev–Trinajstić information content (AvgIpc) is 2.93.